The van der Waals surface area contributed by atoms with E-state index in [-0.39, 0.29) is 4.90 Å². The lowest BCUT2D eigenvalue weighted by Crippen LogP contribution is -2.34. The van der Waals surface area contributed by atoms with Crippen molar-refractivity contribution in [3.05, 3.63) is 42.7 Å². The standard InChI is InChI=1S/C15H14F3N3O4S/c16-15(17,18)13-9-20(8-12(13)14(22)23)26(24,25)11-6-19-21(7-11)10-4-2-1-3-5-10/h1-7,12-13H,8-9H2,(H,22,23)/t12-,13-/m1/s1. The van der Waals surface area contributed by atoms with Gasteiger partial charge in [-0.05, 0) is 12.1 Å². The van der Waals surface area contributed by atoms with Gasteiger partial charge in [-0.2, -0.15) is 22.6 Å². The minimum absolute atomic E-state index is 0.298. The number of hydrogen-bond acceptors (Lipinski definition) is 4. The van der Waals surface area contributed by atoms with E-state index < -0.39 is 47.1 Å². The Morgan fingerprint density at radius 3 is 2.38 bits per heavy atom. The highest BCUT2D eigenvalue weighted by Gasteiger charge is 2.55. The second kappa shape index (κ2) is 6.40. The maximum absolute atomic E-state index is 13.1. The Bertz CT molecular complexity index is 912. The highest BCUT2D eigenvalue weighted by atomic mass is 32.2. The number of rotatable bonds is 4. The molecular formula is C15H14F3N3O4S. The van der Waals surface area contributed by atoms with E-state index in [0.29, 0.717) is 9.99 Å². The van der Waals surface area contributed by atoms with Crippen molar-refractivity contribution in [2.24, 2.45) is 11.8 Å². The Kier molecular flexibility index (Phi) is 4.53. The molecule has 0 bridgehead atoms. The zero-order chi connectivity index (χ0) is 19.1. The number of carboxylic acid groups (broad SMARTS) is 1. The molecule has 0 radical (unpaired) electrons. The molecule has 1 aliphatic rings. The van der Waals surface area contributed by atoms with E-state index in [1.165, 1.54) is 10.9 Å². The number of nitrogens with zero attached hydrogens (tertiary/aromatic N) is 3. The molecule has 0 saturated carbocycles. The van der Waals surface area contributed by atoms with Crippen LogP contribution in [0, 0.1) is 11.8 Å². The van der Waals surface area contributed by atoms with Crippen LogP contribution in [-0.2, 0) is 14.8 Å². The largest absolute Gasteiger partial charge is 0.481 e. The molecule has 0 aliphatic carbocycles. The number of aromatic nitrogens is 2. The second-order valence-electron chi connectivity index (χ2n) is 5.87. The molecule has 26 heavy (non-hydrogen) atoms. The number of carbonyl (C=O) groups is 1. The fourth-order valence-corrected chi connectivity index (χ4v) is 4.28. The zero-order valence-electron chi connectivity index (χ0n) is 13.2. The van der Waals surface area contributed by atoms with Crippen LogP contribution >= 0.6 is 0 Å². The molecule has 140 valence electrons. The van der Waals surface area contributed by atoms with Crippen molar-refractivity contribution in [2.45, 2.75) is 11.1 Å². The highest BCUT2D eigenvalue weighted by molar-refractivity contribution is 7.89. The molecule has 1 aromatic heterocycles. The average molecular weight is 389 g/mol. The summed E-state index contributed by atoms with van der Waals surface area (Å²) in [6, 6.07) is 8.56. The summed E-state index contributed by atoms with van der Waals surface area (Å²) in [4.78, 5) is 10.8. The molecule has 0 unspecified atom stereocenters. The van der Waals surface area contributed by atoms with Crippen LogP contribution in [0.4, 0.5) is 13.2 Å². The van der Waals surface area contributed by atoms with Crippen molar-refractivity contribution in [1.82, 2.24) is 14.1 Å². The third-order valence-electron chi connectivity index (χ3n) is 4.24. The van der Waals surface area contributed by atoms with E-state index in [4.69, 9.17) is 5.11 Å². The quantitative estimate of drug-likeness (QED) is 0.860. The van der Waals surface area contributed by atoms with Crippen LogP contribution in [0.3, 0.4) is 0 Å². The van der Waals surface area contributed by atoms with Gasteiger partial charge < -0.3 is 5.11 Å². The SMILES string of the molecule is O=C(O)[C@@H]1CN(S(=O)(=O)c2cnn(-c3ccccc3)c2)C[C@H]1C(F)(F)F. The van der Waals surface area contributed by atoms with Gasteiger partial charge in [-0.1, -0.05) is 18.2 Å². The van der Waals surface area contributed by atoms with Gasteiger partial charge >= 0.3 is 12.1 Å². The first-order valence-corrected chi connectivity index (χ1v) is 8.94. The van der Waals surface area contributed by atoms with Crippen LogP contribution < -0.4 is 0 Å². The van der Waals surface area contributed by atoms with E-state index in [0.717, 1.165) is 6.20 Å². The molecule has 7 nitrogen and oxygen atoms in total. The maximum Gasteiger partial charge on any atom is 0.393 e. The molecule has 3 rings (SSSR count). The molecule has 2 heterocycles. The number of halogens is 3. The van der Waals surface area contributed by atoms with Crippen molar-refractivity contribution in [1.29, 1.82) is 0 Å². The molecule has 1 fully saturated rings. The van der Waals surface area contributed by atoms with Crippen LogP contribution in [0.5, 0.6) is 0 Å². The van der Waals surface area contributed by atoms with Gasteiger partial charge in [0, 0.05) is 13.1 Å². The van der Waals surface area contributed by atoms with Crippen LogP contribution in [0.1, 0.15) is 0 Å². The minimum atomic E-state index is -4.80. The number of carboxylic acids is 1. The molecule has 2 aromatic rings. The Balaban J connectivity index is 1.89. The Morgan fingerprint density at radius 1 is 1.19 bits per heavy atom. The molecule has 1 N–H and O–H groups in total. The lowest BCUT2D eigenvalue weighted by Gasteiger charge is -2.18. The number of alkyl halides is 3. The van der Waals surface area contributed by atoms with Gasteiger partial charge in [0.25, 0.3) is 0 Å². The van der Waals surface area contributed by atoms with E-state index in [2.05, 4.69) is 5.10 Å². The van der Waals surface area contributed by atoms with Gasteiger partial charge in [0.05, 0.1) is 29.9 Å². The third-order valence-corrected chi connectivity index (χ3v) is 6.03. The molecule has 1 aromatic carbocycles. The summed E-state index contributed by atoms with van der Waals surface area (Å²) in [5.74, 6) is -5.77. The van der Waals surface area contributed by atoms with Crippen molar-refractivity contribution in [3.8, 4) is 5.69 Å². The van der Waals surface area contributed by atoms with Gasteiger partial charge in [-0.15, -0.1) is 0 Å². The minimum Gasteiger partial charge on any atom is -0.481 e. The van der Waals surface area contributed by atoms with Gasteiger partial charge in [0.1, 0.15) is 4.90 Å². The summed E-state index contributed by atoms with van der Waals surface area (Å²) in [5.41, 5.74) is 0.576. The average Bonchev–Trinajstić information content (AvgIpc) is 3.23. The molecule has 2 atom stereocenters. The zero-order valence-corrected chi connectivity index (χ0v) is 14.0. The van der Waals surface area contributed by atoms with Gasteiger partial charge in [-0.3, -0.25) is 4.79 Å². The normalized spacial score (nSPS) is 21.8. The predicted molar refractivity (Wildman–Crippen MR) is 83.0 cm³/mol. The first-order valence-electron chi connectivity index (χ1n) is 7.50. The number of para-hydroxylation sites is 1. The molecule has 1 saturated heterocycles. The van der Waals surface area contributed by atoms with Crippen LogP contribution in [0.15, 0.2) is 47.6 Å². The molecule has 1 aliphatic heterocycles. The fraction of sp³-hybridized carbons (Fsp3) is 0.333. The van der Waals surface area contributed by atoms with Crippen molar-refractivity contribution in [3.63, 3.8) is 0 Å². The number of hydrogen-bond donors (Lipinski definition) is 1. The maximum atomic E-state index is 13.1. The molecule has 0 spiro atoms. The number of sulfonamides is 1. The highest BCUT2D eigenvalue weighted by Crippen LogP contribution is 2.39. The van der Waals surface area contributed by atoms with Crippen LogP contribution in [0.25, 0.3) is 5.69 Å². The van der Waals surface area contributed by atoms with Crippen molar-refractivity contribution >= 4 is 16.0 Å². The topological polar surface area (TPSA) is 92.5 Å². The predicted octanol–water partition coefficient (Wildman–Crippen LogP) is 1.76. The Labute approximate surface area is 146 Å². The molecule has 0 amide bonds. The van der Waals surface area contributed by atoms with Crippen LogP contribution in [0.2, 0.25) is 0 Å². The summed E-state index contributed by atoms with van der Waals surface area (Å²) in [7, 11) is -4.30. The first-order chi connectivity index (χ1) is 12.1. The van der Waals surface area contributed by atoms with Crippen molar-refractivity contribution < 1.29 is 31.5 Å². The van der Waals surface area contributed by atoms with E-state index in [1.54, 1.807) is 30.3 Å². The molecular weight excluding hydrogens is 375 g/mol. The summed E-state index contributed by atoms with van der Waals surface area (Å²) < 4.78 is 66.3. The number of benzene rings is 1. The Morgan fingerprint density at radius 2 is 1.85 bits per heavy atom. The first kappa shape index (κ1) is 18.4. The second-order valence-corrected chi connectivity index (χ2v) is 7.81. The van der Waals surface area contributed by atoms with Gasteiger partial charge in [0.2, 0.25) is 10.0 Å². The monoisotopic (exact) mass is 389 g/mol. The Hall–Kier alpha value is -2.40. The van der Waals surface area contributed by atoms with E-state index in [1.807, 2.05) is 0 Å². The van der Waals surface area contributed by atoms with E-state index >= 15 is 0 Å². The van der Waals surface area contributed by atoms with Gasteiger partial charge in [0.15, 0.2) is 0 Å². The van der Waals surface area contributed by atoms with Crippen molar-refractivity contribution in [2.75, 3.05) is 13.1 Å². The summed E-state index contributed by atoms with van der Waals surface area (Å²) in [6.45, 7) is -1.67. The lowest BCUT2D eigenvalue weighted by atomic mass is 9.96. The summed E-state index contributed by atoms with van der Waals surface area (Å²) in [5, 5.41) is 12.9. The number of aliphatic carboxylic acids is 1. The fourth-order valence-electron chi connectivity index (χ4n) is 2.86. The molecule has 11 heteroatoms. The third kappa shape index (κ3) is 3.31. The van der Waals surface area contributed by atoms with E-state index in [9.17, 15) is 26.4 Å². The summed E-state index contributed by atoms with van der Waals surface area (Å²) >= 11 is 0. The lowest BCUT2D eigenvalue weighted by molar-refractivity contribution is -0.187. The van der Waals surface area contributed by atoms with Gasteiger partial charge in [-0.25, -0.2) is 13.1 Å². The van der Waals surface area contributed by atoms with Crippen LogP contribution in [-0.4, -0.2) is 52.8 Å². The smallest absolute Gasteiger partial charge is 0.393 e. The summed E-state index contributed by atoms with van der Waals surface area (Å²) in [6.07, 6.45) is -2.60.